The molecule has 0 bridgehead atoms. The van der Waals surface area contributed by atoms with Crippen molar-refractivity contribution in [1.29, 1.82) is 0 Å². The molecule has 140 valence electrons. The van der Waals surface area contributed by atoms with Gasteiger partial charge < -0.3 is 4.74 Å². The smallest absolute Gasteiger partial charge is 0.316 e. The minimum atomic E-state index is -3.78. The predicted octanol–water partition coefficient (Wildman–Crippen LogP) is 2.27. The van der Waals surface area contributed by atoms with Crippen LogP contribution in [0.15, 0.2) is 30.6 Å². The molecule has 1 aliphatic heterocycles. The Balaban J connectivity index is 1.68. The second kappa shape index (κ2) is 7.58. The van der Waals surface area contributed by atoms with Gasteiger partial charge in [-0.05, 0) is 30.5 Å². The highest BCUT2D eigenvalue weighted by Gasteiger charge is 2.30. The van der Waals surface area contributed by atoms with Crippen molar-refractivity contribution in [2.24, 2.45) is 0 Å². The third kappa shape index (κ3) is 4.70. The number of ether oxygens (including phenoxy) is 1. The highest BCUT2D eigenvalue weighted by atomic mass is 32.2. The van der Waals surface area contributed by atoms with Crippen molar-refractivity contribution < 1.29 is 26.3 Å². The summed E-state index contributed by atoms with van der Waals surface area (Å²) in [6.45, 7) is 0.338. The molecule has 0 saturated carbocycles. The normalized spacial score (nSPS) is 18.7. The fraction of sp³-hybridized carbons (Fsp3) is 0.375. The van der Waals surface area contributed by atoms with E-state index in [0.717, 1.165) is 24.5 Å². The zero-order valence-electron chi connectivity index (χ0n) is 13.6. The molecule has 6 nitrogen and oxygen atoms in total. The van der Waals surface area contributed by atoms with Gasteiger partial charge in [0, 0.05) is 12.6 Å². The van der Waals surface area contributed by atoms with Crippen LogP contribution in [0.25, 0.3) is 0 Å². The summed E-state index contributed by atoms with van der Waals surface area (Å²) in [6.07, 6.45) is 2.55. The molecule has 3 rings (SSSR count). The highest BCUT2D eigenvalue weighted by Crippen LogP contribution is 2.21. The molecular weight excluding hydrogens is 371 g/mol. The lowest BCUT2D eigenvalue weighted by molar-refractivity contribution is 0.119. The van der Waals surface area contributed by atoms with Crippen molar-refractivity contribution in [2.75, 3.05) is 13.1 Å². The van der Waals surface area contributed by atoms with E-state index in [2.05, 4.69) is 9.97 Å². The largest absolute Gasteiger partial charge is 0.459 e. The van der Waals surface area contributed by atoms with E-state index in [1.54, 1.807) is 0 Å². The third-order valence-electron chi connectivity index (χ3n) is 3.87. The molecule has 2 aromatic rings. The van der Waals surface area contributed by atoms with E-state index in [1.807, 2.05) is 0 Å². The van der Waals surface area contributed by atoms with Crippen molar-refractivity contribution in [3.8, 4) is 6.01 Å². The third-order valence-corrected chi connectivity index (χ3v) is 5.69. The minimum absolute atomic E-state index is 0.0346. The molecule has 26 heavy (non-hydrogen) atoms. The van der Waals surface area contributed by atoms with Gasteiger partial charge in [0.15, 0.2) is 5.82 Å². The molecule has 0 amide bonds. The molecule has 0 aliphatic carbocycles. The molecule has 1 unspecified atom stereocenters. The van der Waals surface area contributed by atoms with Crippen LogP contribution in [-0.4, -0.2) is 41.9 Å². The quantitative estimate of drug-likeness (QED) is 0.787. The summed E-state index contributed by atoms with van der Waals surface area (Å²) in [7, 11) is -3.78. The van der Waals surface area contributed by atoms with Gasteiger partial charge in [-0.1, -0.05) is 0 Å². The van der Waals surface area contributed by atoms with Crippen LogP contribution >= 0.6 is 0 Å². The molecule has 1 fully saturated rings. The lowest BCUT2D eigenvalue weighted by atomic mass is 10.1. The monoisotopic (exact) mass is 387 g/mol. The van der Waals surface area contributed by atoms with Crippen LogP contribution in [0.5, 0.6) is 6.01 Å². The zero-order chi connectivity index (χ0) is 18.7. The van der Waals surface area contributed by atoms with Gasteiger partial charge in [-0.25, -0.2) is 31.6 Å². The molecule has 0 spiro atoms. The fourth-order valence-corrected chi connectivity index (χ4v) is 4.33. The summed E-state index contributed by atoms with van der Waals surface area (Å²) in [5.74, 6) is -2.78. The lowest BCUT2D eigenvalue weighted by Crippen LogP contribution is -2.44. The van der Waals surface area contributed by atoms with E-state index in [4.69, 9.17) is 4.74 Å². The lowest BCUT2D eigenvalue weighted by Gasteiger charge is -2.31. The molecule has 1 atom stereocenters. The Morgan fingerprint density at radius 2 is 1.73 bits per heavy atom. The zero-order valence-corrected chi connectivity index (χ0v) is 14.4. The Hall–Kier alpha value is -2.20. The number of aromatic nitrogens is 2. The van der Waals surface area contributed by atoms with Crippen molar-refractivity contribution in [3.05, 3.63) is 53.6 Å². The van der Waals surface area contributed by atoms with Crippen molar-refractivity contribution in [3.63, 3.8) is 0 Å². The van der Waals surface area contributed by atoms with Gasteiger partial charge in [0.2, 0.25) is 10.0 Å². The van der Waals surface area contributed by atoms with Crippen LogP contribution in [0.3, 0.4) is 0 Å². The van der Waals surface area contributed by atoms with Gasteiger partial charge in [0.05, 0.1) is 24.7 Å². The first kappa shape index (κ1) is 18.6. The number of hydrogen-bond acceptors (Lipinski definition) is 5. The molecule has 1 aromatic heterocycles. The number of nitrogens with zero attached hydrogens (tertiary/aromatic N) is 3. The Kier molecular flexibility index (Phi) is 5.42. The number of sulfonamides is 1. The first-order valence-electron chi connectivity index (χ1n) is 7.89. The summed E-state index contributed by atoms with van der Waals surface area (Å²) in [6, 6.07) is 2.63. The number of hydrogen-bond donors (Lipinski definition) is 0. The van der Waals surface area contributed by atoms with E-state index in [9.17, 15) is 21.6 Å². The second-order valence-electron chi connectivity index (χ2n) is 5.96. The van der Waals surface area contributed by atoms with E-state index in [1.165, 1.54) is 4.31 Å². The number of benzene rings is 1. The Labute approximate surface area is 148 Å². The predicted molar refractivity (Wildman–Crippen MR) is 86.2 cm³/mol. The second-order valence-corrected chi connectivity index (χ2v) is 7.93. The first-order chi connectivity index (χ1) is 12.3. The average molecular weight is 387 g/mol. The van der Waals surface area contributed by atoms with Crippen LogP contribution in [0.2, 0.25) is 0 Å². The van der Waals surface area contributed by atoms with Crippen LogP contribution in [0.1, 0.15) is 18.4 Å². The average Bonchev–Trinajstić information content (AvgIpc) is 2.56. The number of piperidine rings is 1. The van der Waals surface area contributed by atoms with Crippen LogP contribution in [0.4, 0.5) is 13.2 Å². The molecule has 1 aromatic carbocycles. The maximum absolute atomic E-state index is 13.3. The van der Waals surface area contributed by atoms with Gasteiger partial charge in [0.1, 0.15) is 17.7 Å². The summed E-state index contributed by atoms with van der Waals surface area (Å²) in [5.41, 5.74) is 0.0346. The van der Waals surface area contributed by atoms with Crippen LogP contribution in [-0.2, 0) is 15.8 Å². The Bertz CT molecular complexity index is 858. The summed E-state index contributed by atoms with van der Waals surface area (Å²) >= 11 is 0. The van der Waals surface area contributed by atoms with Gasteiger partial charge in [-0.15, -0.1) is 0 Å². The molecule has 10 heteroatoms. The fourth-order valence-electron chi connectivity index (χ4n) is 2.76. The Morgan fingerprint density at radius 1 is 1.08 bits per heavy atom. The summed E-state index contributed by atoms with van der Waals surface area (Å²) in [5, 5.41) is 0. The number of halogens is 3. The summed E-state index contributed by atoms with van der Waals surface area (Å²) in [4.78, 5) is 7.37. The van der Waals surface area contributed by atoms with Gasteiger partial charge in [-0.3, -0.25) is 0 Å². The van der Waals surface area contributed by atoms with Gasteiger partial charge in [0.25, 0.3) is 0 Å². The Morgan fingerprint density at radius 3 is 2.38 bits per heavy atom. The molecule has 1 aliphatic rings. The SMILES string of the molecule is O=S(=O)(Cc1cc(F)cc(F)c1)N1CCCC(Oc2ncc(F)cn2)C1. The van der Waals surface area contributed by atoms with E-state index < -0.39 is 39.3 Å². The molecule has 1 saturated heterocycles. The van der Waals surface area contributed by atoms with E-state index in [-0.39, 0.29) is 24.7 Å². The van der Waals surface area contributed by atoms with Crippen molar-refractivity contribution >= 4 is 10.0 Å². The highest BCUT2D eigenvalue weighted by molar-refractivity contribution is 7.88. The van der Waals surface area contributed by atoms with E-state index >= 15 is 0 Å². The number of rotatable bonds is 5. The van der Waals surface area contributed by atoms with Crippen LogP contribution in [0, 0.1) is 17.5 Å². The molecular formula is C16H16F3N3O3S. The summed E-state index contributed by atoms with van der Waals surface area (Å²) < 4.78 is 71.2. The maximum Gasteiger partial charge on any atom is 0.316 e. The van der Waals surface area contributed by atoms with Crippen molar-refractivity contribution in [1.82, 2.24) is 14.3 Å². The minimum Gasteiger partial charge on any atom is -0.459 e. The molecule has 0 radical (unpaired) electrons. The maximum atomic E-state index is 13.3. The molecule has 0 N–H and O–H groups in total. The van der Waals surface area contributed by atoms with Gasteiger partial charge in [-0.2, -0.15) is 4.31 Å². The van der Waals surface area contributed by atoms with Gasteiger partial charge >= 0.3 is 6.01 Å². The standard InChI is InChI=1S/C16H16F3N3O3S/c17-12-4-11(5-13(18)6-12)10-26(23,24)22-3-1-2-15(9-22)25-16-20-7-14(19)8-21-16/h4-8,15H,1-3,9-10H2. The first-order valence-corrected chi connectivity index (χ1v) is 9.50. The van der Waals surface area contributed by atoms with Crippen molar-refractivity contribution in [2.45, 2.75) is 24.7 Å². The topological polar surface area (TPSA) is 72.4 Å². The van der Waals surface area contributed by atoms with E-state index in [0.29, 0.717) is 18.9 Å². The van der Waals surface area contributed by atoms with Crippen LogP contribution < -0.4 is 4.74 Å². The molecule has 2 heterocycles.